The monoisotopic (exact) mass is 410 g/mol. The first-order valence-electron chi connectivity index (χ1n) is 9.87. The van der Waals surface area contributed by atoms with Crippen molar-refractivity contribution in [3.05, 3.63) is 88.7 Å². The van der Waals surface area contributed by atoms with Gasteiger partial charge in [-0.15, -0.1) is 0 Å². The minimum atomic E-state index is 0.299. The molecule has 0 saturated carbocycles. The van der Waals surface area contributed by atoms with Crippen molar-refractivity contribution >= 4 is 11.6 Å². The Labute approximate surface area is 177 Å². The summed E-state index contributed by atoms with van der Waals surface area (Å²) in [7, 11) is 1.63. The standard InChI is InChI=1S/C24H27ClN2O2/c1-3-8-22(20-10-5-4-6-11-20)27-16-19-13-21(25)24(23(14-19)28-2)29-17-18-9-7-12-26-15-18/h4-7,9-15,22,27H,3,8,16-17H2,1-2H3. The summed E-state index contributed by atoms with van der Waals surface area (Å²) in [6.07, 6.45) is 5.69. The summed E-state index contributed by atoms with van der Waals surface area (Å²) in [4.78, 5) is 4.10. The van der Waals surface area contributed by atoms with Crippen LogP contribution in [0.15, 0.2) is 67.0 Å². The largest absolute Gasteiger partial charge is 0.493 e. The third kappa shape index (κ3) is 5.96. The lowest BCUT2D eigenvalue weighted by atomic mass is 10.0. The van der Waals surface area contributed by atoms with E-state index in [4.69, 9.17) is 21.1 Å². The van der Waals surface area contributed by atoms with E-state index in [2.05, 4.69) is 41.5 Å². The molecule has 0 aliphatic heterocycles. The van der Waals surface area contributed by atoms with E-state index in [9.17, 15) is 0 Å². The maximum Gasteiger partial charge on any atom is 0.180 e. The van der Waals surface area contributed by atoms with Crippen LogP contribution in [0, 0.1) is 0 Å². The Morgan fingerprint density at radius 3 is 2.59 bits per heavy atom. The predicted molar refractivity (Wildman–Crippen MR) is 118 cm³/mol. The lowest BCUT2D eigenvalue weighted by Gasteiger charge is -2.20. The Morgan fingerprint density at radius 2 is 1.90 bits per heavy atom. The molecule has 1 unspecified atom stereocenters. The Hall–Kier alpha value is -2.56. The van der Waals surface area contributed by atoms with Crippen molar-refractivity contribution in [3.63, 3.8) is 0 Å². The van der Waals surface area contributed by atoms with Gasteiger partial charge in [-0.1, -0.05) is 61.3 Å². The number of pyridine rings is 1. The van der Waals surface area contributed by atoms with Gasteiger partial charge in [0.05, 0.1) is 12.1 Å². The summed E-state index contributed by atoms with van der Waals surface area (Å²) in [5, 5.41) is 4.18. The van der Waals surface area contributed by atoms with Crippen LogP contribution in [-0.2, 0) is 13.2 Å². The second kappa shape index (κ2) is 10.8. The highest BCUT2D eigenvalue weighted by molar-refractivity contribution is 6.32. The van der Waals surface area contributed by atoms with E-state index in [1.807, 2.05) is 30.3 Å². The zero-order chi connectivity index (χ0) is 20.5. The quantitative estimate of drug-likeness (QED) is 0.448. The molecule has 1 atom stereocenters. The van der Waals surface area contributed by atoms with Gasteiger partial charge in [-0.3, -0.25) is 4.98 Å². The van der Waals surface area contributed by atoms with Crippen LogP contribution in [0.2, 0.25) is 5.02 Å². The zero-order valence-electron chi connectivity index (χ0n) is 16.9. The van der Waals surface area contributed by atoms with Crippen molar-refractivity contribution in [1.29, 1.82) is 0 Å². The molecule has 0 fully saturated rings. The number of nitrogens with one attached hydrogen (secondary N) is 1. The fourth-order valence-corrected chi connectivity index (χ4v) is 3.54. The van der Waals surface area contributed by atoms with Crippen molar-refractivity contribution in [2.24, 2.45) is 0 Å². The average molecular weight is 411 g/mol. The number of halogens is 1. The van der Waals surface area contributed by atoms with E-state index in [1.165, 1.54) is 5.56 Å². The number of nitrogens with zero attached hydrogens (tertiary/aromatic N) is 1. The SMILES string of the molecule is CCCC(NCc1cc(Cl)c(OCc2cccnc2)c(OC)c1)c1ccccc1. The van der Waals surface area contributed by atoms with Crippen LogP contribution < -0.4 is 14.8 Å². The Morgan fingerprint density at radius 1 is 1.07 bits per heavy atom. The fraction of sp³-hybridized carbons (Fsp3) is 0.292. The van der Waals surface area contributed by atoms with Gasteiger partial charge >= 0.3 is 0 Å². The molecule has 2 aromatic carbocycles. The fourth-order valence-electron chi connectivity index (χ4n) is 3.26. The zero-order valence-corrected chi connectivity index (χ0v) is 17.7. The highest BCUT2D eigenvalue weighted by atomic mass is 35.5. The molecule has 5 heteroatoms. The third-order valence-corrected chi connectivity index (χ3v) is 5.01. The number of ether oxygens (including phenoxy) is 2. The molecule has 1 heterocycles. The molecule has 0 spiro atoms. The maximum absolute atomic E-state index is 6.52. The first-order chi connectivity index (χ1) is 14.2. The second-order valence-electron chi connectivity index (χ2n) is 6.89. The second-order valence-corrected chi connectivity index (χ2v) is 7.30. The molecule has 0 radical (unpaired) electrons. The molecule has 3 aromatic rings. The number of hydrogen-bond donors (Lipinski definition) is 1. The van der Waals surface area contributed by atoms with Gasteiger partial charge in [0, 0.05) is 30.5 Å². The molecule has 0 aliphatic rings. The summed E-state index contributed by atoms with van der Waals surface area (Å²) >= 11 is 6.52. The van der Waals surface area contributed by atoms with Gasteiger partial charge in [0.25, 0.3) is 0 Å². The minimum Gasteiger partial charge on any atom is -0.493 e. The summed E-state index contributed by atoms with van der Waals surface area (Å²) in [5.41, 5.74) is 3.32. The van der Waals surface area contributed by atoms with E-state index >= 15 is 0 Å². The number of benzene rings is 2. The molecule has 0 aliphatic carbocycles. The molecule has 152 valence electrons. The highest BCUT2D eigenvalue weighted by Crippen LogP contribution is 2.37. The summed E-state index contributed by atoms with van der Waals surface area (Å²) in [5.74, 6) is 1.18. The summed E-state index contributed by atoms with van der Waals surface area (Å²) in [6, 6.07) is 18.6. The van der Waals surface area contributed by atoms with Gasteiger partial charge in [-0.25, -0.2) is 0 Å². The Bertz CT molecular complexity index is 888. The van der Waals surface area contributed by atoms with Gasteiger partial charge < -0.3 is 14.8 Å². The van der Waals surface area contributed by atoms with Crippen LogP contribution in [0.5, 0.6) is 11.5 Å². The number of methoxy groups -OCH3 is 1. The topological polar surface area (TPSA) is 43.4 Å². The van der Waals surface area contributed by atoms with E-state index in [-0.39, 0.29) is 0 Å². The Kier molecular flexibility index (Phi) is 7.91. The molecule has 0 saturated heterocycles. The summed E-state index contributed by atoms with van der Waals surface area (Å²) in [6.45, 7) is 3.28. The normalized spacial score (nSPS) is 11.8. The third-order valence-electron chi connectivity index (χ3n) is 4.73. The van der Waals surface area contributed by atoms with Crippen molar-refractivity contribution in [2.75, 3.05) is 7.11 Å². The molecule has 1 aromatic heterocycles. The van der Waals surface area contributed by atoms with Crippen LogP contribution in [-0.4, -0.2) is 12.1 Å². The van der Waals surface area contributed by atoms with Gasteiger partial charge in [0.2, 0.25) is 0 Å². The Balaban J connectivity index is 1.70. The molecule has 29 heavy (non-hydrogen) atoms. The number of aromatic nitrogens is 1. The van der Waals surface area contributed by atoms with Crippen molar-refractivity contribution < 1.29 is 9.47 Å². The van der Waals surface area contributed by atoms with E-state index in [0.29, 0.717) is 35.7 Å². The van der Waals surface area contributed by atoms with Gasteiger partial charge in [0.1, 0.15) is 6.61 Å². The molecule has 0 amide bonds. The molecule has 3 rings (SSSR count). The van der Waals surface area contributed by atoms with Crippen molar-refractivity contribution in [1.82, 2.24) is 10.3 Å². The van der Waals surface area contributed by atoms with Crippen LogP contribution in [0.3, 0.4) is 0 Å². The van der Waals surface area contributed by atoms with Crippen LogP contribution in [0.4, 0.5) is 0 Å². The predicted octanol–water partition coefficient (Wildman–Crippen LogP) is 5.95. The van der Waals surface area contributed by atoms with E-state index in [1.54, 1.807) is 19.5 Å². The van der Waals surface area contributed by atoms with Gasteiger partial charge in [0.15, 0.2) is 11.5 Å². The average Bonchev–Trinajstić information content (AvgIpc) is 2.76. The van der Waals surface area contributed by atoms with Crippen LogP contribution in [0.1, 0.15) is 42.5 Å². The van der Waals surface area contributed by atoms with Crippen LogP contribution >= 0.6 is 11.6 Å². The maximum atomic E-state index is 6.52. The van der Waals surface area contributed by atoms with E-state index < -0.39 is 0 Å². The molecule has 4 nitrogen and oxygen atoms in total. The van der Waals surface area contributed by atoms with Gasteiger partial charge in [-0.2, -0.15) is 0 Å². The highest BCUT2D eigenvalue weighted by Gasteiger charge is 2.14. The summed E-state index contributed by atoms with van der Waals surface area (Å²) < 4.78 is 11.5. The van der Waals surface area contributed by atoms with Crippen molar-refractivity contribution in [2.45, 2.75) is 39.0 Å². The van der Waals surface area contributed by atoms with E-state index in [0.717, 1.165) is 24.0 Å². The lowest BCUT2D eigenvalue weighted by Crippen LogP contribution is -2.20. The number of rotatable bonds is 10. The first kappa shape index (κ1) is 21.2. The molecular weight excluding hydrogens is 384 g/mol. The first-order valence-corrected chi connectivity index (χ1v) is 10.3. The molecule has 1 N–H and O–H groups in total. The van der Waals surface area contributed by atoms with Crippen LogP contribution in [0.25, 0.3) is 0 Å². The molecular formula is C24H27ClN2O2. The number of hydrogen-bond acceptors (Lipinski definition) is 4. The molecule has 0 bridgehead atoms. The minimum absolute atomic E-state index is 0.299. The smallest absolute Gasteiger partial charge is 0.180 e. The lowest BCUT2D eigenvalue weighted by molar-refractivity contribution is 0.284. The van der Waals surface area contributed by atoms with Gasteiger partial charge in [-0.05, 0) is 35.7 Å². The van der Waals surface area contributed by atoms with Crippen molar-refractivity contribution in [3.8, 4) is 11.5 Å².